The summed E-state index contributed by atoms with van der Waals surface area (Å²) in [6.45, 7) is 0. The van der Waals surface area contributed by atoms with Crippen LogP contribution in [-0.2, 0) is 0 Å². The predicted molar refractivity (Wildman–Crippen MR) is 239 cm³/mol. The van der Waals surface area contributed by atoms with Gasteiger partial charge < -0.3 is 0 Å². The molecule has 0 aliphatic heterocycles. The molecule has 12 aromatic rings. The van der Waals surface area contributed by atoms with E-state index in [2.05, 4.69) is 182 Å². The molecule has 10 aromatic carbocycles. The monoisotopic (exact) mass is 718 g/mol. The summed E-state index contributed by atoms with van der Waals surface area (Å²) in [6, 6.07) is 67.8. The molecule has 2 heterocycles. The maximum Gasteiger partial charge on any atom is 0.0370 e. The van der Waals surface area contributed by atoms with Gasteiger partial charge in [-0.3, -0.25) is 0 Å². The molecule has 2 heteroatoms. The van der Waals surface area contributed by atoms with E-state index in [9.17, 15) is 0 Å². The minimum absolute atomic E-state index is 1.23. The first-order chi connectivity index (χ1) is 26.7. The highest BCUT2D eigenvalue weighted by atomic mass is 32.1. The summed E-state index contributed by atoms with van der Waals surface area (Å²) < 4.78 is 5.41. The van der Waals surface area contributed by atoms with Gasteiger partial charge in [-0.15, -0.1) is 22.7 Å². The molecule has 0 spiro atoms. The minimum Gasteiger partial charge on any atom is -0.135 e. The Hall–Kier alpha value is -6.32. The maximum absolute atomic E-state index is 2.45. The lowest BCUT2D eigenvalue weighted by atomic mass is 9.85. The molecule has 0 saturated heterocycles. The van der Waals surface area contributed by atoms with E-state index < -0.39 is 0 Å². The van der Waals surface area contributed by atoms with Crippen molar-refractivity contribution in [2.75, 3.05) is 0 Å². The zero-order valence-electron chi connectivity index (χ0n) is 29.1. The van der Waals surface area contributed by atoms with Gasteiger partial charge in [-0.1, -0.05) is 152 Å². The van der Waals surface area contributed by atoms with Crippen molar-refractivity contribution in [2.24, 2.45) is 0 Å². The largest absolute Gasteiger partial charge is 0.135 e. The minimum atomic E-state index is 1.23. The van der Waals surface area contributed by atoms with Gasteiger partial charge >= 0.3 is 0 Å². The van der Waals surface area contributed by atoms with Crippen LogP contribution in [0.2, 0.25) is 0 Å². The molecule has 0 nitrogen and oxygen atoms in total. The van der Waals surface area contributed by atoms with Gasteiger partial charge in [-0.25, -0.2) is 0 Å². The molecule has 0 aliphatic carbocycles. The van der Waals surface area contributed by atoms with Crippen LogP contribution in [0.5, 0.6) is 0 Å². The third-order valence-electron chi connectivity index (χ3n) is 11.4. The average Bonchev–Trinajstić information content (AvgIpc) is 3.78. The molecule has 0 amide bonds. The van der Waals surface area contributed by atoms with Gasteiger partial charge in [0.2, 0.25) is 0 Å². The van der Waals surface area contributed by atoms with Crippen molar-refractivity contribution in [3.63, 3.8) is 0 Å². The van der Waals surface area contributed by atoms with E-state index in [1.807, 2.05) is 22.7 Å². The second-order valence-electron chi connectivity index (χ2n) is 14.4. The van der Waals surface area contributed by atoms with E-state index in [4.69, 9.17) is 0 Å². The van der Waals surface area contributed by atoms with Crippen molar-refractivity contribution in [1.82, 2.24) is 0 Å². The van der Waals surface area contributed by atoms with Gasteiger partial charge in [0, 0.05) is 40.3 Å². The van der Waals surface area contributed by atoms with Gasteiger partial charge in [-0.2, -0.15) is 0 Å². The zero-order valence-corrected chi connectivity index (χ0v) is 30.8. The Morgan fingerprint density at radius 2 is 0.759 bits per heavy atom. The summed E-state index contributed by atoms with van der Waals surface area (Å²) >= 11 is 3.82. The molecule has 2 aromatic heterocycles. The summed E-state index contributed by atoms with van der Waals surface area (Å²) in [5.41, 5.74) is 7.56. The third kappa shape index (κ3) is 4.48. The third-order valence-corrected chi connectivity index (χ3v) is 13.7. The van der Waals surface area contributed by atoms with Crippen molar-refractivity contribution in [1.29, 1.82) is 0 Å². The van der Waals surface area contributed by atoms with Crippen LogP contribution >= 0.6 is 22.7 Å². The van der Waals surface area contributed by atoms with Crippen LogP contribution in [0.15, 0.2) is 182 Å². The Morgan fingerprint density at radius 1 is 0.241 bits per heavy atom. The molecule has 0 bridgehead atoms. The quantitative estimate of drug-likeness (QED) is 0.160. The topological polar surface area (TPSA) is 0 Å². The second-order valence-corrected chi connectivity index (χ2v) is 16.6. The van der Waals surface area contributed by atoms with Crippen LogP contribution in [0.4, 0.5) is 0 Å². The van der Waals surface area contributed by atoms with E-state index in [1.165, 1.54) is 117 Å². The Morgan fingerprint density at radius 3 is 1.50 bits per heavy atom. The summed E-state index contributed by atoms with van der Waals surface area (Å²) in [5.74, 6) is 0. The van der Waals surface area contributed by atoms with Crippen molar-refractivity contribution in [3.05, 3.63) is 182 Å². The normalized spacial score (nSPS) is 12.1. The molecule has 0 aliphatic rings. The van der Waals surface area contributed by atoms with Crippen LogP contribution in [0.1, 0.15) is 0 Å². The average molecular weight is 719 g/mol. The lowest BCUT2D eigenvalue weighted by Crippen LogP contribution is -1.91. The van der Waals surface area contributed by atoms with Crippen LogP contribution in [0, 0.1) is 0 Å². The van der Waals surface area contributed by atoms with Crippen LogP contribution < -0.4 is 0 Å². The van der Waals surface area contributed by atoms with Crippen molar-refractivity contribution >= 4 is 106 Å². The predicted octanol–water partition coefficient (Wildman–Crippen LogP) is 16.0. The van der Waals surface area contributed by atoms with Crippen molar-refractivity contribution in [2.45, 2.75) is 0 Å². The van der Waals surface area contributed by atoms with Gasteiger partial charge in [0.25, 0.3) is 0 Å². The van der Waals surface area contributed by atoms with E-state index >= 15 is 0 Å². The highest BCUT2D eigenvalue weighted by Gasteiger charge is 2.18. The second kappa shape index (κ2) is 11.6. The number of thiophene rings is 2. The molecular weight excluding hydrogens is 689 g/mol. The van der Waals surface area contributed by atoms with Crippen LogP contribution in [-0.4, -0.2) is 0 Å². The van der Waals surface area contributed by atoms with Crippen molar-refractivity contribution < 1.29 is 0 Å². The van der Waals surface area contributed by atoms with E-state index in [-0.39, 0.29) is 0 Å². The molecule has 0 atom stereocenters. The molecular formula is C52H30S2. The highest BCUT2D eigenvalue weighted by Crippen LogP contribution is 2.46. The van der Waals surface area contributed by atoms with E-state index in [1.54, 1.807) is 0 Å². The Bertz CT molecular complexity index is 3430. The van der Waals surface area contributed by atoms with Crippen molar-refractivity contribution in [3.8, 4) is 33.4 Å². The lowest BCUT2D eigenvalue weighted by molar-refractivity contribution is 1.63. The van der Waals surface area contributed by atoms with Crippen LogP contribution in [0.3, 0.4) is 0 Å². The first kappa shape index (κ1) is 30.2. The number of hydrogen-bond acceptors (Lipinski definition) is 2. The molecule has 12 rings (SSSR count). The van der Waals surface area contributed by atoms with E-state index in [0.717, 1.165) is 0 Å². The fourth-order valence-electron chi connectivity index (χ4n) is 8.92. The SMILES string of the molecule is c1ccc2cc(-c3c4ccccc4c(-c4ccc(-c5ccc6c(c5)sc5cc7sc8ccc9ccccc9c8c7cc56)cc4)c4ccccc34)ccc2c1. The Balaban J connectivity index is 0.973. The fraction of sp³-hybridized carbons (Fsp3) is 0. The molecule has 0 radical (unpaired) electrons. The number of rotatable bonds is 3. The molecule has 0 saturated carbocycles. The maximum atomic E-state index is 2.45. The first-order valence-electron chi connectivity index (χ1n) is 18.5. The summed E-state index contributed by atoms with van der Waals surface area (Å²) in [6.07, 6.45) is 0. The lowest BCUT2D eigenvalue weighted by Gasteiger charge is -2.18. The van der Waals surface area contributed by atoms with Gasteiger partial charge in [0.1, 0.15) is 0 Å². The zero-order chi connectivity index (χ0) is 35.3. The molecule has 54 heavy (non-hydrogen) atoms. The van der Waals surface area contributed by atoms with Gasteiger partial charge in [0.05, 0.1) is 0 Å². The number of hydrogen-bond donors (Lipinski definition) is 0. The smallest absolute Gasteiger partial charge is 0.0370 e. The van der Waals surface area contributed by atoms with Gasteiger partial charge in [-0.05, 0) is 107 Å². The highest BCUT2D eigenvalue weighted by molar-refractivity contribution is 7.28. The Kier molecular flexibility index (Phi) is 6.48. The Labute approximate surface area is 319 Å². The molecule has 0 N–H and O–H groups in total. The number of fused-ring (bicyclic) bond motifs is 11. The first-order valence-corrected chi connectivity index (χ1v) is 20.1. The fourth-order valence-corrected chi connectivity index (χ4v) is 11.3. The van der Waals surface area contributed by atoms with Gasteiger partial charge in [0.15, 0.2) is 0 Å². The summed E-state index contributed by atoms with van der Waals surface area (Å²) in [7, 11) is 0. The number of benzene rings is 10. The molecule has 0 fully saturated rings. The molecule has 0 unspecified atom stereocenters. The summed E-state index contributed by atoms with van der Waals surface area (Å²) in [4.78, 5) is 0. The van der Waals surface area contributed by atoms with Crippen LogP contribution in [0.25, 0.3) is 117 Å². The van der Waals surface area contributed by atoms with E-state index in [0.29, 0.717) is 0 Å². The molecule has 250 valence electrons. The summed E-state index contributed by atoms with van der Waals surface area (Å²) in [5, 5.41) is 15.7. The standard InChI is InChI=1S/C52H30S2/c1-2-11-35-27-37(22-19-31(35)9-1)51-42-15-7-5-13-40(42)50(41-14-6-8-16-43(41)51)34-20-17-32(18-21-34)36-23-25-39-44-29-45-49(30-48(44)54-47(39)28-36)53-46-26-24-33-10-3-4-12-38(33)52(45)46/h1-30H.